The first-order valence-corrected chi connectivity index (χ1v) is 9.43. The first-order chi connectivity index (χ1) is 11.7. The number of allylic oxidation sites excluding steroid dienone is 4. The van der Waals surface area contributed by atoms with E-state index in [1.165, 1.54) is 12.7 Å². The van der Waals surface area contributed by atoms with Gasteiger partial charge in [-0.3, -0.25) is 9.59 Å². The van der Waals surface area contributed by atoms with Crippen LogP contribution in [-0.2, 0) is 14.3 Å². The fraction of sp³-hybridized carbons (Fsp3) is 0.714. The molecule has 0 aliphatic heterocycles. The van der Waals surface area contributed by atoms with Crippen molar-refractivity contribution in [1.82, 2.24) is 0 Å². The van der Waals surface area contributed by atoms with Crippen molar-refractivity contribution in [1.29, 1.82) is 0 Å². The zero-order chi connectivity index (χ0) is 18.3. The third-order valence-electron chi connectivity index (χ3n) is 7.85. The number of methoxy groups -OCH3 is 1. The van der Waals surface area contributed by atoms with Gasteiger partial charge in [-0.1, -0.05) is 25.5 Å². The lowest BCUT2D eigenvalue weighted by molar-refractivity contribution is -0.188. The minimum Gasteiger partial charge on any atom is -0.493 e. The SMILES string of the molecule is COC1=C(C)C(=O)C23[C@H]4[C@H](C)C[C@H]2C=C(C)C[C@]3(C1=O)[C@@H](C)C[C@@H]4O. The van der Waals surface area contributed by atoms with Crippen molar-refractivity contribution in [2.45, 2.75) is 53.1 Å². The summed E-state index contributed by atoms with van der Waals surface area (Å²) in [5.41, 5.74) is 0.0635. The van der Waals surface area contributed by atoms with Crippen LogP contribution in [0.4, 0.5) is 0 Å². The maximum atomic E-state index is 13.8. The van der Waals surface area contributed by atoms with Crippen molar-refractivity contribution in [2.75, 3.05) is 7.11 Å². The van der Waals surface area contributed by atoms with Crippen LogP contribution in [0.5, 0.6) is 0 Å². The lowest BCUT2D eigenvalue weighted by atomic mass is 9.37. The summed E-state index contributed by atoms with van der Waals surface area (Å²) in [5, 5.41) is 11.0. The number of aliphatic hydroxyl groups excluding tert-OH is 1. The number of hydrogen-bond donors (Lipinski definition) is 1. The third-order valence-corrected chi connectivity index (χ3v) is 7.85. The molecular weight excluding hydrogens is 316 g/mol. The van der Waals surface area contributed by atoms with Crippen molar-refractivity contribution >= 4 is 11.6 Å². The summed E-state index contributed by atoms with van der Waals surface area (Å²) in [6.07, 6.45) is 3.73. The fourth-order valence-corrected chi connectivity index (χ4v) is 7.27. The van der Waals surface area contributed by atoms with Crippen LogP contribution in [0.1, 0.15) is 47.0 Å². The Balaban J connectivity index is 2.11. The summed E-state index contributed by atoms with van der Waals surface area (Å²) >= 11 is 0. The topological polar surface area (TPSA) is 63.6 Å². The summed E-state index contributed by atoms with van der Waals surface area (Å²) < 4.78 is 5.43. The molecule has 4 rings (SSSR count). The number of rotatable bonds is 1. The van der Waals surface area contributed by atoms with Crippen LogP contribution < -0.4 is 0 Å². The van der Waals surface area contributed by atoms with Gasteiger partial charge in [0.2, 0.25) is 5.78 Å². The fourth-order valence-electron chi connectivity index (χ4n) is 7.27. The van der Waals surface area contributed by atoms with E-state index in [-0.39, 0.29) is 41.0 Å². The van der Waals surface area contributed by atoms with Gasteiger partial charge in [0.05, 0.1) is 24.0 Å². The maximum absolute atomic E-state index is 13.8. The Hall–Kier alpha value is -1.42. The van der Waals surface area contributed by atoms with Crippen molar-refractivity contribution in [3.05, 3.63) is 23.0 Å². The van der Waals surface area contributed by atoms with E-state index in [9.17, 15) is 14.7 Å². The monoisotopic (exact) mass is 344 g/mol. The van der Waals surface area contributed by atoms with Gasteiger partial charge >= 0.3 is 0 Å². The van der Waals surface area contributed by atoms with Crippen molar-refractivity contribution in [3.63, 3.8) is 0 Å². The van der Waals surface area contributed by atoms with Crippen LogP contribution in [0.2, 0.25) is 0 Å². The molecule has 4 heteroatoms. The zero-order valence-electron chi connectivity index (χ0n) is 15.8. The van der Waals surface area contributed by atoms with E-state index in [0.29, 0.717) is 18.4 Å². The molecule has 0 radical (unpaired) electrons. The highest BCUT2D eigenvalue weighted by Crippen LogP contribution is 2.74. The van der Waals surface area contributed by atoms with Gasteiger partial charge in [0.15, 0.2) is 11.5 Å². The van der Waals surface area contributed by atoms with Crippen molar-refractivity contribution in [3.8, 4) is 0 Å². The molecule has 7 atom stereocenters. The molecule has 1 N–H and O–H groups in total. The van der Waals surface area contributed by atoms with Gasteiger partial charge in [-0.25, -0.2) is 0 Å². The number of carbonyl (C=O) groups excluding carboxylic acids is 2. The molecule has 2 saturated carbocycles. The molecule has 0 heterocycles. The zero-order valence-corrected chi connectivity index (χ0v) is 15.8. The predicted octanol–water partition coefficient (Wildman–Crippen LogP) is 3.05. The average molecular weight is 344 g/mol. The molecule has 0 amide bonds. The summed E-state index contributed by atoms with van der Waals surface area (Å²) in [7, 11) is 1.48. The van der Waals surface area contributed by atoms with Gasteiger partial charge in [0, 0.05) is 11.5 Å². The summed E-state index contributed by atoms with van der Waals surface area (Å²) in [6, 6.07) is 0. The Kier molecular flexibility index (Phi) is 3.45. The predicted molar refractivity (Wildman–Crippen MR) is 93.5 cm³/mol. The standard InChI is InChI=1S/C21H28O4/c1-10-6-14-7-11(2)16-15(22)8-12(3)20(9-10)19(24)17(25-5)13(4)18(23)21(14,16)20/h6,11-12,14-16,22H,7-9H2,1-5H3/t11-,12+,14-,15+,16+,20-,21?/m1/s1. The van der Waals surface area contributed by atoms with Crippen molar-refractivity contribution < 1.29 is 19.4 Å². The first-order valence-electron chi connectivity index (χ1n) is 9.43. The first kappa shape index (κ1) is 17.0. The van der Waals surface area contributed by atoms with Gasteiger partial charge < -0.3 is 9.84 Å². The largest absolute Gasteiger partial charge is 0.493 e. The number of aliphatic hydroxyl groups is 1. The second-order valence-electron chi connectivity index (χ2n) is 8.90. The third kappa shape index (κ3) is 1.63. The molecule has 0 aromatic heterocycles. The number of Topliss-reactive ketones (excluding diaryl/α,β-unsaturated/α-hetero) is 2. The average Bonchev–Trinajstić information content (AvgIpc) is 2.84. The number of hydrogen-bond acceptors (Lipinski definition) is 4. The quantitative estimate of drug-likeness (QED) is 0.743. The molecule has 25 heavy (non-hydrogen) atoms. The van der Waals surface area contributed by atoms with Crippen LogP contribution in [0.3, 0.4) is 0 Å². The van der Waals surface area contributed by atoms with Gasteiger partial charge in [0.1, 0.15) is 0 Å². The van der Waals surface area contributed by atoms with Crippen LogP contribution >= 0.6 is 0 Å². The molecule has 0 aromatic rings. The van der Waals surface area contributed by atoms with Gasteiger partial charge in [0.25, 0.3) is 0 Å². The van der Waals surface area contributed by atoms with Gasteiger partial charge in [-0.05, 0) is 50.9 Å². The molecule has 4 nitrogen and oxygen atoms in total. The molecule has 1 unspecified atom stereocenters. The highest BCUT2D eigenvalue weighted by Gasteiger charge is 2.77. The van der Waals surface area contributed by atoms with E-state index >= 15 is 0 Å². The number of ether oxygens (including phenoxy) is 1. The lowest BCUT2D eigenvalue weighted by Gasteiger charge is -2.63. The van der Waals surface area contributed by atoms with E-state index in [1.807, 2.05) is 6.92 Å². The Bertz CT molecular complexity index is 732. The molecule has 4 aliphatic carbocycles. The van der Waals surface area contributed by atoms with E-state index in [1.54, 1.807) is 6.92 Å². The van der Waals surface area contributed by atoms with Crippen LogP contribution in [-0.4, -0.2) is 29.9 Å². The molecule has 1 spiro atoms. The minimum absolute atomic E-state index is 0.0111. The van der Waals surface area contributed by atoms with E-state index in [0.717, 1.165) is 6.42 Å². The van der Waals surface area contributed by atoms with Crippen LogP contribution in [0.25, 0.3) is 0 Å². The van der Waals surface area contributed by atoms with E-state index < -0.39 is 16.9 Å². The summed E-state index contributed by atoms with van der Waals surface area (Å²) in [6.45, 7) is 7.97. The summed E-state index contributed by atoms with van der Waals surface area (Å²) in [4.78, 5) is 27.5. The van der Waals surface area contributed by atoms with E-state index in [2.05, 4.69) is 19.9 Å². The Morgan fingerprint density at radius 2 is 1.84 bits per heavy atom. The Morgan fingerprint density at radius 3 is 2.48 bits per heavy atom. The lowest BCUT2D eigenvalue weighted by Crippen LogP contribution is -2.69. The molecule has 2 fully saturated rings. The molecular formula is C21H28O4. The second-order valence-corrected chi connectivity index (χ2v) is 8.90. The van der Waals surface area contributed by atoms with Crippen LogP contribution in [0.15, 0.2) is 23.0 Å². The molecule has 136 valence electrons. The molecule has 0 saturated heterocycles. The van der Waals surface area contributed by atoms with E-state index in [4.69, 9.17) is 4.74 Å². The summed E-state index contributed by atoms with van der Waals surface area (Å²) in [5.74, 6) is 0.324. The minimum atomic E-state index is -0.799. The van der Waals surface area contributed by atoms with Gasteiger partial charge in [-0.15, -0.1) is 0 Å². The highest BCUT2D eigenvalue weighted by molar-refractivity contribution is 6.17. The maximum Gasteiger partial charge on any atom is 0.205 e. The Morgan fingerprint density at radius 1 is 1.16 bits per heavy atom. The normalized spacial score (nSPS) is 48.9. The highest BCUT2D eigenvalue weighted by atomic mass is 16.5. The number of ketones is 2. The molecule has 0 bridgehead atoms. The Labute approximate surface area is 149 Å². The smallest absolute Gasteiger partial charge is 0.205 e. The molecule has 0 aromatic carbocycles. The number of carbonyl (C=O) groups is 2. The van der Waals surface area contributed by atoms with Gasteiger partial charge in [-0.2, -0.15) is 0 Å². The molecule has 4 aliphatic rings. The second kappa shape index (κ2) is 5.06. The van der Waals surface area contributed by atoms with Crippen molar-refractivity contribution in [2.24, 2.45) is 34.5 Å². The van der Waals surface area contributed by atoms with Crippen LogP contribution in [0, 0.1) is 34.5 Å².